The van der Waals surface area contributed by atoms with Gasteiger partial charge < -0.3 is 15.8 Å². The van der Waals surface area contributed by atoms with E-state index in [2.05, 4.69) is 20.0 Å². The fourth-order valence-corrected chi connectivity index (χ4v) is 2.34. The van der Waals surface area contributed by atoms with Gasteiger partial charge in [-0.15, -0.1) is 24.0 Å². The summed E-state index contributed by atoms with van der Waals surface area (Å²) in [5.41, 5.74) is 6.48. The second-order valence-corrected chi connectivity index (χ2v) is 5.04. The first-order valence-corrected chi connectivity index (χ1v) is 7.09. The number of hydrogen-bond donors (Lipinski definition) is 2. The molecule has 0 unspecified atom stereocenters. The van der Waals surface area contributed by atoms with E-state index in [4.69, 9.17) is 5.73 Å². The highest BCUT2D eigenvalue weighted by molar-refractivity contribution is 14.0. The number of aromatic nitrogens is 1. The van der Waals surface area contributed by atoms with E-state index in [-0.39, 0.29) is 29.7 Å². The average molecular weight is 426 g/mol. The lowest BCUT2D eigenvalue weighted by molar-refractivity contribution is -0.0500. The van der Waals surface area contributed by atoms with Crippen LogP contribution in [0.2, 0.25) is 0 Å². The second kappa shape index (κ2) is 9.75. The van der Waals surface area contributed by atoms with Gasteiger partial charge in [-0.2, -0.15) is 8.78 Å². The van der Waals surface area contributed by atoms with Gasteiger partial charge in [0.2, 0.25) is 0 Å². The third-order valence-electron chi connectivity index (χ3n) is 3.39. The summed E-state index contributed by atoms with van der Waals surface area (Å²) >= 11 is 0. The van der Waals surface area contributed by atoms with Gasteiger partial charge in [0.15, 0.2) is 5.96 Å². The zero-order valence-corrected chi connectivity index (χ0v) is 14.5. The van der Waals surface area contributed by atoms with Crippen LogP contribution in [0, 0.1) is 0 Å². The highest BCUT2D eigenvalue weighted by Gasteiger charge is 2.13. The van der Waals surface area contributed by atoms with Crippen molar-refractivity contribution in [1.82, 2.24) is 10.3 Å². The molecular formula is C14H21F2IN4O. The van der Waals surface area contributed by atoms with E-state index in [1.165, 1.54) is 31.5 Å². The topological polar surface area (TPSA) is 72.5 Å². The molecule has 1 aliphatic rings. The molecule has 1 saturated carbocycles. The molecule has 0 amide bonds. The lowest BCUT2D eigenvalue weighted by Crippen LogP contribution is -2.41. The SMILES string of the molecule is I.NC(=NCc1ccc(OC(F)F)cn1)NC1CCCCC1. The molecule has 0 bridgehead atoms. The van der Waals surface area contributed by atoms with Gasteiger partial charge in [-0.3, -0.25) is 4.98 Å². The van der Waals surface area contributed by atoms with Crippen molar-refractivity contribution in [2.75, 3.05) is 0 Å². The summed E-state index contributed by atoms with van der Waals surface area (Å²) in [7, 11) is 0. The molecule has 22 heavy (non-hydrogen) atoms. The van der Waals surface area contributed by atoms with Crippen molar-refractivity contribution in [2.24, 2.45) is 10.7 Å². The maximum atomic E-state index is 12.0. The number of alkyl halides is 2. The van der Waals surface area contributed by atoms with Crippen LogP contribution in [0.5, 0.6) is 5.75 Å². The number of rotatable bonds is 5. The Kier molecular flexibility index (Phi) is 8.36. The Hall–Kier alpha value is -1.19. The predicted octanol–water partition coefficient (Wildman–Crippen LogP) is 3.04. The maximum absolute atomic E-state index is 12.0. The first-order chi connectivity index (χ1) is 10.1. The second-order valence-electron chi connectivity index (χ2n) is 5.04. The number of halogens is 3. The predicted molar refractivity (Wildman–Crippen MR) is 91.6 cm³/mol. The number of hydrogen-bond acceptors (Lipinski definition) is 3. The molecule has 1 aromatic rings. The smallest absolute Gasteiger partial charge is 0.387 e. The van der Waals surface area contributed by atoms with Crippen molar-refractivity contribution in [3.05, 3.63) is 24.0 Å². The van der Waals surface area contributed by atoms with Crippen LogP contribution < -0.4 is 15.8 Å². The average Bonchev–Trinajstić information content (AvgIpc) is 2.47. The van der Waals surface area contributed by atoms with Gasteiger partial charge in [0.1, 0.15) is 5.75 Å². The minimum Gasteiger partial charge on any atom is -0.433 e. The Bertz CT molecular complexity index is 464. The summed E-state index contributed by atoms with van der Waals surface area (Å²) in [5, 5.41) is 3.20. The zero-order valence-electron chi connectivity index (χ0n) is 12.2. The number of nitrogens with two attached hydrogens (primary N) is 1. The van der Waals surface area contributed by atoms with Crippen LogP contribution in [0.3, 0.4) is 0 Å². The van der Waals surface area contributed by atoms with Crippen molar-refractivity contribution in [3.8, 4) is 5.75 Å². The van der Waals surface area contributed by atoms with Gasteiger partial charge in [-0.25, -0.2) is 4.99 Å². The first kappa shape index (κ1) is 18.9. The van der Waals surface area contributed by atoms with Crippen LogP contribution in [-0.4, -0.2) is 23.6 Å². The van der Waals surface area contributed by atoms with Crippen molar-refractivity contribution >= 4 is 29.9 Å². The Morgan fingerprint density at radius 1 is 1.36 bits per heavy atom. The van der Waals surface area contributed by atoms with E-state index in [9.17, 15) is 8.78 Å². The van der Waals surface area contributed by atoms with Crippen molar-refractivity contribution < 1.29 is 13.5 Å². The van der Waals surface area contributed by atoms with E-state index in [1.807, 2.05) is 0 Å². The molecule has 3 N–H and O–H groups in total. The van der Waals surface area contributed by atoms with Crippen LogP contribution in [0.15, 0.2) is 23.3 Å². The molecule has 0 atom stereocenters. The summed E-state index contributed by atoms with van der Waals surface area (Å²) in [6, 6.07) is 3.43. The molecule has 0 spiro atoms. The van der Waals surface area contributed by atoms with Gasteiger partial charge in [-0.05, 0) is 25.0 Å². The molecule has 0 saturated heterocycles. The first-order valence-electron chi connectivity index (χ1n) is 7.09. The Morgan fingerprint density at radius 3 is 2.68 bits per heavy atom. The van der Waals surface area contributed by atoms with Gasteiger partial charge in [-0.1, -0.05) is 19.3 Å². The summed E-state index contributed by atoms with van der Waals surface area (Å²) in [6.45, 7) is -2.54. The Labute approximate surface area is 145 Å². The minimum absolute atomic E-state index is 0. The van der Waals surface area contributed by atoms with Gasteiger partial charge in [0.25, 0.3) is 0 Å². The third-order valence-corrected chi connectivity index (χ3v) is 3.39. The van der Waals surface area contributed by atoms with Crippen LogP contribution in [0.4, 0.5) is 8.78 Å². The number of nitrogens with zero attached hydrogens (tertiary/aromatic N) is 2. The summed E-state index contributed by atoms with van der Waals surface area (Å²) in [4.78, 5) is 8.21. The summed E-state index contributed by atoms with van der Waals surface area (Å²) < 4.78 is 28.2. The van der Waals surface area contributed by atoms with Gasteiger partial charge in [0, 0.05) is 6.04 Å². The monoisotopic (exact) mass is 426 g/mol. The molecule has 5 nitrogen and oxygen atoms in total. The molecular weight excluding hydrogens is 405 g/mol. The molecule has 1 fully saturated rings. The highest BCUT2D eigenvalue weighted by atomic mass is 127. The molecule has 1 heterocycles. The fourth-order valence-electron chi connectivity index (χ4n) is 2.34. The van der Waals surface area contributed by atoms with Gasteiger partial charge in [0.05, 0.1) is 18.4 Å². The Morgan fingerprint density at radius 2 is 2.09 bits per heavy atom. The maximum Gasteiger partial charge on any atom is 0.387 e. The molecule has 0 aliphatic heterocycles. The standard InChI is InChI=1S/C14H20F2N4O.HI/c15-13(16)21-12-7-6-11(18-9-12)8-19-14(17)20-10-4-2-1-3-5-10;/h6-7,9-10,13H,1-5,8H2,(H3,17,19,20);1H. The molecule has 2 rings (SSSR count). The third kappa shape index (κ3) is 6.71. The molecule has 124 valence electrons. The van der Waals surface area contributed by atoms with Crippen molar-refractivity contribution in [1.29, 1.82) is 0 Å². The van der Waals surface area contributed by atoms with Gasteiger partial charge >= 0.3 is 6.61 Å². The minimum atomic E-state index is -2.84. The molecule has 1 aromatic heterocycles. The largest absolute Gasteiger partial charge is 0.433 e. The Balaban J connectivity index is 0.00000242. The number of guanidine groups is 1. The van der Waals surface area contributed by atoms with E-state index >= 15 is 0 Å². The van der Waals surface area contributed by atoms with Crippen LogP contribution in [-0.2, 0) is 6.54 Å². The normalized spacial score (nSPS) is 16.2. The fraction of sp³-hybridized carbons (Fsp3) is 0.571. The van der Waals surface area contributed by atoms with E-state index in [0.29, 0.717) is 24.2 Å². The van der Waals surface area contributed by atoms with Crippen LogP contribution >= 0.6 is 24.0 Å². The number of aliphatic imine (C=N–C) groups is 1. The van der Waals surface area contributed by atoms with E-state index in [1.54, 1.807) is 6.07 Å². The highest BCUT2D eigenvalue weighted by Crippen LogP contribution is 2.17. The number of ether oxygens (including phenoxy) is 1. The summed E-state index contributed by atoms with van der Waals surface area (Å²) in [5.74, 6) is 0.433. The molecule has 0 aromatic carbocycles. The van der Waals surface area contributed by atoms with Crippen molar-refractivity contribution in [3.63, 3.8) is 0 Å². The number of nitrogens with one attached hydrogen (secondary N) is 1. The lowest BCUT2D eigenvalue weighted by atomic mass is 9.96. The molecule has 8 heteroatoms. The molecule has 1 aliphatic carbocycles. The number of pyridine rings is 1. The quantitative estimate of drug-likeness (QED) is 0.432. The van der Waals surface area contributed by atoms with E-state index in [0.717, 1.165) is 12.8 Å². The van der Waals surface area contributed by atoms with Crippen molar-refractivity contribution in [2.45, 2.75) is 51.3 Å². The lowest BCUT2D eigenvalue weighted by Gasteiger charge is -2.23. The van der Waals surface area contributed by atoms with Crippen LogP contribution in [0.1, 0.15) is 37.8 Å². The zero-order chi connectivity index (χ0) is 15.1. The van der Waals surface area contributed by atoms with E-state index < -0.39 is 6.61 Å². The van der Waals surface area contributed by atoms with Crippen LogP contribution in [0.25, 0.3) is 0 Å². The molecule has 0 radical (unpaired) electrons. The summed E-state index contributed by atoms with van der Waals surface area (Å²) in [6.07, 6.45) is 7.21.